The van der Waals surface area contributed by atoms with Crippen LogP contribution in [0.1, 0.15) is 22.0 Å². The van der Waals surface area contributed by atoms with Crippen molar-refractivity contribution in [3.05, 3.63) is 35.4 Å². The molecule has 1 aromatic carbocycles. The molecule has 0 saturated heterocycles. The number of carbonyl (C=O) groups is 2. The van der Waals surface area contributed by atoms with Crippen LogP contribution in [0.2, 0.25) is 0 Å². The summed E-state index contributed by atoms with van der Waals surface area (Å²) in [5, 5.41) is 10.2. The van der Waals surface area contributed by atoms with Crippen LogP contribution >= 0.6 is 0 Å². The van der Waals surface area contributed by atoms with Gasteiger partial charge in [-0.2, -0.15) is 0 Å². The van der Waals surface area contributed by atoms with E-state index in [4.69, 9.17) is 5.11 Å². The predicted molar refractivity (Wildman–Crippen MR) is 52.0 cm³/mol. The third-order valence-corrected chi connectivity index (χ3v) is 2.38. The van der Waals surface area contributed by atoms with Crippen molar-refractivity contribution >= 4 is 11.9 Å². The van der Waals surface area contributed by atoms with Crippen LogP contribution in [0.4, 0.5) is 0 Å². The van der Waals surface area contributed by atoms with Crippen LogP contribution in [0.5, 0.6) is 0 Å². The highest BCUT2D eigenvalue weighted by Gasteiger charge is 2.32. The lowest BCUT2D eigenvalue weighted by Crippen LogP contribution is -2.49. The minimum Gasteiger partial charge on any atom is -0.480 e. The second-order valence-electron chi connectivity index (χ2n) is 3.35. The van der Waals surface area contributed by atoms with Gasteiger partial charge in [-0.3, -0.25) is 14.6 Å². The van der Waals surface area contributed by atoms with Gasteiger partial charge in [-0.05, 0) is 11.6 Å². The Morgan fingerprint density at radius 2 is 2.13 bits per heavy atom. The number of carboxylic acid groups (broad SMARTS) is 1. The minimum atomic E-state index is -0.998. The Balaban J connectivity index is 2.54. The lowest BCUT2D eigenvalue weighted by atomic mass is 9.98. The van der Waals surface area contributed by atoms with Gasteiger partial charge in [-0.1, -0.05) is 18.2 Å². The Morgan fingerprint density at radius 1 is 1.47 bits per heavy atom. The average Bonchev–Trinajstić information content (AvgIpc) is 2.23. The summed E-state index contributed by atoms with van der Waals surface area (Å²) in [4.78, 5) is 22.6. The Morgan fingerprint density at radius 3 is 2.80 bits per heavy atom. The van der Waals surface area contributed by atoms with E-state index in [1.165, 1.54) is 12.1 Å². The fourth-order valence-electron chi connectivity index (χ4n) is 1.63. The molecule has 1 heterocycles. The highest BCUT2D eigenvalue weighted by Crippen LogP contribution is 2.23. The van der Waals surface area contributed by atoms with Gasteiger partial charge in [0, 0.05) is 12.6 Å². The van der Waals surface area contributed by atoms with Crippen LogP contribution in [-0.2, 0) is 4.79 Å². The number of nitrogens with zero attached hydrogens (tertiary/aromatic N) is 1. The molecule has 0 aromatic heterocycles. The highest BCUT2D eigenvalue weighted by atomic mass is 16.4. The Bertz CT molecular complexity index is 430. The summed E-state index contributed by atoms with van der Waals surface area (Å²) >= 11 is 0. The Kier molecular flexibility index (Phi) is 2.17. The monoisotopic (exact) mass is 206 g/mol. The number of hydrazine groups is 1. The van der Waals surface area contributed by atoms with Crippen LogP contribution < -0.4 is 5.43 Å². The highest BCUT2D eigenvalue weighted by molar-refractivity contribution is 5.98. The van der Waals surface area contributed by atoms with E-state index in [-0.39, 0.29) is 5.91 Å². The van der Waals surface area contributed by atoms with Crippen LogP contribution in [-0.4, -0.2) is 29.0 Å². The van der Waals surface area contributed by atoms with E-state index < -0.39 is 12.0 Å². The zero-order chi connectivity index (χ0) is 11.0. The molecular formula is C10H10N2O3. The summed E-state index contributed by atoms with van der Waals surface area (Å²) in [6.45, 7) is 0. The molecule has 0 fully saturated rings. The minimum absolute atomic E-state index is 0.219. The zero-order valence-electron chi connectivity index (χ0n) is 8.10. The summed E-state index contributed by atoms with van der Waals surface area (Å²) in [5.41, 5.74) is 3.55. The largest absolute Gasteiger partial charge is 0.480 e. The number of hydrogen-bond acceptors (Lipinski definition) is 3. The van der Waals surface area contributed by atoms with Gasteiger partial charge in [0.1, 0.15) is 6.04 Å². The molecule has 0 spiro atoms. The van der Waals surface area contributed by atoms with Gasteiger partial charge in [0.2, 0.25) is 0 Å². The SMILES string of the molecule is CN1N[C@H](C(=O)O)c2ccccc2C1=O. The summed E-state index contributed by atoms with van der Waals surface area (Å²) in [5.74, 6) is -1.22. The van der Waals surface area contributed by atoms with Gasteiger partial charge in [-0.15, -0.1) is 0 Å². The molecule has 2 N–H and O–H groups in total. The second kappa shape index (κ2) is 3.36. The first kappa shape index (κ1) is 9.67. The first-order chi connectivity index (χ1) is 7.11. The fourth-order valence-corrected chi connectivity index (χ4v) is 1.63. The number of carbonyl (C=O) groups excluding carboxylic acids is 1. The molecule has 1 atom stereocenters. The molecule has 5 nitrogen and oxygen atoms in total. The topological polar surface area (TPSA) is 69.6 Å². The quantitative estimate of drug-likeness (QED) is 0.698. The lowest BCUT2D eigenvalue weighted by molar-refractivity contribution is -0.141. The van der Waals surface area contributed by atoms with Crippen molar-refractivity contribution in [1.29, 1.82) is 0 Å². The van der Waals surface area contributed by atoms with Crippen molar-refractivity contribution in [2.24, 2.45) is 0 Å². The molecule has 1 aliphatic rings. The molecule has 1 amide bonds. The van der Waals surface area contributed by atoms with Gasteiger partial charge >= 0.3 is 5.97 Å². The molecule has 0 saturated carbocycles. The molecule has 15 heavy (non-hydrogen) atoms. The molecule has 0 bridgehead atoms. The maximum atomic E-state index is 11.7. The first-order valence-electron chi connectivity index (χ1n) is 4.47. The van der Waals surface area contributed by atoms with Gasteiger partial charge in [0.25, 0.3) is 5.91 Å². The summed E-state index contributed by atoms with van der Waals surface area (Å²) in [7, 11) is 1.51. The van der Waals surface area contributed by atoms with E-state index >= 15 is 0 Å². The zero-order valence-corrected chi connectivity index (χ0v) is 8.10. The number of amides is 1. The lowest BCUT2D eigenvalue weighted by Gasteiger charge is -2.30. The molecule has 1 aromatic rings. The van der Waals surface area contributed by atoms with E-state index in [0.717, 1.165) is 0 Å². The predicted octanol–water partition coefficient (Wildman–Crippen LogP) is 0.402. The average molecular weight is 206 g/mol. The van der Waals surface area contributed by atoms with Gasteiger partial charge < -0.3 is 5.11 Å². The molecular weight excluding hydrogens is 196 g/mol. The molecule has 78 valence electrons. The summed E-state index contributed by atoms with van der Waals surface area (Å²) in [6.07, 6.45) is 0. The smallest absolute Gasteiger partial charge is 0.327 e. The van der Waals surface area contributed by atoms with Crippen molar-refractivity contribution in [2.45, 2.75) is 6.04 Å². The van der Waals surface area contributed by atoms with Crippen LogP contribution in [0.15, 0.2) is 24.3 Å². The molecule has 5 heteroatoms. The number of aliphatic carboxylic acids is 1. The maximum absolute atomic E-state index is 11.7. The van der Waals surface area contributed by atoms with E-state index in [1.807, 2.05) is 0 Å². The van der Waals surface area contributed by atoms with Crippen LogP contribution in [0.3, 0.4) is 0 Å². The van der Waals surface area contributed by atoms with Gasteiger partial charge in [-0.25, -0.2) is 5.43 Å². The second-order valence-corrected chi connectivity index (χ2v) is 3.35. The van der Waals surface area contributed by atoms with Crippen molar-refractivity contribution in [1.82, 2.24) is 10.4 Å². The Labute approximate surface area is 86.3 Å². The van der Waals surface area contributed by atoms with Gasteiger partial charge in [0.05, 0.1) is 0 Å². The number of fused-ring (bicyclic) bond motifs is 1. The van der Waals surface area contributed by atoms with Gasteiger partial charge in [0.15, 0.2) is 0 Å². The standard InChI is InChI=1S/C10H10N2O3/c1-12-9(13)7-5-3-2-4-6(7)8(11-12)10(14)15/h2-5,8,11H,1H3,(H,14,15)/t8-/m0/s1. The van der Waals surface area contributed by atoms with Crippen molar-refractivity contribution in [3.63, 3.8) is 0 Å². The molecule has 0 aliphatic carbocycles. The van der Waals surface area contributed by atoms with Crippen molar-refractivity contribution < 1.29 is 14.7 Å². The molecule has 0 radical (unpaired) electrons. The van der Waals surface area contributed by atoms with E-state index in [2.05, 4.69) is 5.43 Å². The number of carboxylic acids is 1. The normalized spacial score (nSPS) is 19.9. The Hall–Kier alpha value is -1.88. The fraction of sp³-hybridized carbons (Fsp3) is 0.200. The first-order valence-corrected chi connectivity index (χ1v) is 4.47. The third kappa shape index (κ3) is 1.46. The van der Waals surface area contributed by atoms with Crippen molar-refractivity contribution in [2.75, 3.05) is 7.05 Å². The number of nitrogens with one attached hydrogen (secondary N) is 1. The number of hydrogen-bond donors (Lipinski definition) is 2. The number of benzene rings is 1. The maximum Gasteiger partial charge on any atom is 0.327 e. The third-order valence-electron chi connectivity index (χ3n) is 2.38. The number of rotatable bonds is 1. The molecule has 2 rings (SSSR count). The van der Waals surface area contributed by atoms with E-state index in [0.29, 0.717) is 11.1 Å². The van der Waals surface area contributed by atoms with E-state index in [1.54, 1.807) is 24.3 Å². The summed E-state index contributed by atoms with van der Waals surface area (Å²) < 4.78 is 0. The van der Waals surface area contributed by atoms with E-state index in [9.17, 15) is 9.59 Å². The molecule has 1 aliphatic heterocycles. The van der Waals surface area contributed by atoms with Crippen LogP contribution in [0, 0.1) is 0 Å². The molecule has 0 unspecified atom stereocenters. The summed E-state index contributed by atoms with van der Waals surface area (Å²) in [6, 6.07) is 5.85. The van der Waals surface area contributed by atoms with Crippen LogP contribution in [0.25, 0.3) is 0 Å². The van der Waals surface area contributed by atoms with Crippen molar-refractivity contribution in [3.8, 4) is 0 Å².